The average molecular weight is 570 g/mol. The highest BCUT2D eigenvalue weighted by Gasteiger charge is 2.29. The number of quaternary nitrogens is 1. The molecule has 1 N–H and O–H groups in total. The summed E-state index contributed by atoms with van der Waals surface area (Å²) in [5, 5.41) is 0. The van der Waals surface area contributed by atoms with Crippen LogP contribution in [0, 0.1) is 5.92 Å². The summed E-state index contributed by atoms with van der Waals surface area (Å²) in [7, 11) is 1.80. The lowest BCUT2D eigenvalue weighted by atomic mass is 10.0. The van der Waals surface area contributed by atoms with E-state index in [0.29, 0.717) is 29.0 Å². The van der Waals surface area contributed by atoms with Crippen LogP contribution in [0.3, 0.4) is 0 Å². The molecule has 0 aliphatic rings. The third-order valence-electron chi connectivity index (χ3n) is 7.18. The van der Waals surface area contributed by atoms with Gasteiger partial charge in [0.05, 0.1) is 27.7 Å². The van der Waals surface area contributed by atoms with Crippen molar-refractivity contribution in [1.29, 1.82) is 0 Å². The van der Waals surface area contributed by atoms with Gasteiger partial charge >= 0.3 is 0 Å². The average Bonchev–Trinajstić information content (AvgIpc) is 2.80. The van der Waals surface area contributed by atoms with Gasteiger partial charge in [0.2, 0.25) is 0 Å². The van der Waals surface area contributed by atoms with Gasteiger partial charge in [-0.25, -0.2) is 0 Å². The Kier molecular flexibility index (Phi) is 23.1. The molecule has 0 aliphatic carbocycles. The quantitative estimate of drug-likeness (QED) is 0.0719. The Bertz CT molecular complexity index is 596. The number of phosphoric acid groups is 1. The molecule has 4 atom stereocenters. The van der Waals surface area contributed by atoms with E-state index in [1.807, 2.05) is 21.1 Å². The molecule has 0 rings (SSSR count). The van der Waals surface area contributed by atoms with Gasteiger partial charge in [-0.15, -0.1) is 0 Å². The molecular weight excluding hydrogens is 509 g/mol. The largest absolute Gasteiger partial charge is 0.756 e. The first-order chi connectivity index (χ1) is 17.5. The standard InChI is InChI=1S/C28H60NO6PS/c1-6-7-8-9-10-11-12-13-14-15-16-17-18-19-20-21-22-37(33)26-27(24-34-5)23-28(29(2,3)4)25-35-36(30,31)32/h27-28H,6-26H2,1-5H3,(H-,30,31,32). The van der Waals surface area contributed by atoms with Crippen molar-refractivity contribution in [3.05, 3.63) is 0 Å². The van der Waals surface area contributed by atoms with Crippen LogP contribution in [0.15, 0.2) is 0 Å². The first kappa shape index (κ1) is 37.2. The molecule has 0 heterocycles. The molecule has 0 aliphatic heterocycles. The minimum absolute atomic E-state index is 0.0440. The zero-order chi connectivity index (χ0) is 28.0. The summed E-state index contributed by atoms with van der Waals surface area (Å²) < 4.78 is 34.3. The molecule has 37 heavy (non-hydrogen) atoms. The zero-order valence-corrected chi connectivity index (χ0v) is 26.5. The number of hydrogen-bond donors (Lipinski definition) is 1. The fraction of sp³-hybridized carbons (Fsp3) is 1.00. The van der Waals surface area contributed by atoms with E-state index in [-0.39, 0.29) is 18.6 Å². The van der Waals surface area contributed by atoms with Crippen LogP contribution in [0.4, 0.5) is 0 Å². The lowest BCUT2D eigenvalue weighted by Gasteiger charge is -2.36. The topological polar surface area (TPSA) is 95.9 Å². The second-order valence-corrected chi connectivity index (χ2v) is 14.5. The minimum atomic E-state index is -4.77. The molecule has 4 unspecified atom stereocenters. The molecule has 9 heteroatoms. The first-order valence-electron chi connectivity index (χ1n) is 14.8. The number of phosphoric ester groups is 1. The molecule has 0 fully saturated rings. The van der Waals surface area contributed by atoms with E-state index in [1.165, 1.54) is 89.9 Å². The molecule has 224 valence electrons. The number of unbranched alkanes of at least 4 members (excludes halogenated alkanes) is 15. The maximum atomic E-state index is 12.7. The van der Waals surface area contributed by atoms with Gasteiger partial charge in [-0.05, 0) is 12.3 Å². The van der Waals surface area contributed by atoms with Crippen molar-refractivity contribution in [3.63, 3.8) is 0 Å². The molecule has 0 saturated heterocycles. The van der Waals surface area contributed by atoms with Crippen LogP contribution >= 0.6 is 7.82 Å². The summed E-state index contributed by atoms with van der Waals surface area (Å²) in [4.78, 5) is 20.0. The van der Waals surface area contributed by atoms with Crippen LogP contribution in [0.25, 0.3) is 0 Å². The molecule has 0 aromatic rings. The smallest absolute Gasteiger partial charge is 0.265 e. The van der Waals surface area contributed by atoms with Crippen molar-refractivity contribution in [2.24, 2.45) is 5.92 Å². The Morgan fingerprint density at radius 3 is 1.62 bits per heavy atom. The van der Waals surface area contributed by atoms with E-state index in [0.717, 1.165) is 12.8 Å². The van der Waals surface area contributed by atoms with Crippen molar-refractivity contribution in [2.75, 3.05) is 53.0 Å². The molecule has 7 nitrogen and oxygen atoms in total. The van der Waals surface area contributed by atoms with E-state index in [9.17, 15) is 13.7 Å². The Labute approximate surface area is 231 Å². The van der Waals surface area contributed by atoms with Crippen molar-refractivity contribution >= 4 is 18.6 Å². The Hall–Kier alpha value is 0.180. The highest BCUT2D eigenvalue weighted by atomic mass is 32.2. The fourth-order valence-corrected chi connectivity index (χ4v) is 6.56. The van der Waals surface area contributed by atoms with Gasteiger partial charge in [0, 0.05) is 35.8 Å². The van der Waals surface area contributed by atoms with E-state index in [4.69, 9.17) is 9.63 Å². The van der Waals surface area contributed by atoms with E-state index in [1.54, 1.807) is 7.11 Å². The number of methoxy groups -OCH3 is 1. The second kappa shape index (κ2) is 22.9. The summed E-state index contributed by atoms with van der Waals surface area (Å²) in [6, 6.07) is -0.165. The number of rotatable bonds is 27. The molecular formula is C28H60NO6PS. The number of hydrogen-bond acceptors (Lipinski definition) is 5. The van der Waals surface area contributed by atoms with Gasteiger partial charge in [0.25, 0.3) is 7.82 Å². The molecule has 0 bridgehead atoms. The molecule has 0 amide bonds. The Morgan fingerprint density at radius 1 is 0.811 bits per heavy atom. The first-order valence-corrected chi connectivity index (χ1v) is 17.8. The zero-order valence-electron chi connectivity index (χ0n) is 24.8. The van der Waals surface area contributed by atoms with Crippen LogP contribution in [0.2, 0.25) is 0 Å². The van der Waals surface area contributed by atoms with Gasteiger partial charge in [0.1, 0.15) is 12.6 Å². The summed E-state index contributed by atoms with van der Waals surface area (Å²) >= 11 is 0. The molecule has 0 spiro atoms. The summed E-state index contributed by atoms with van der Waals surface area (Å²) in [6.07, 6.45) is 21.8. The second-order valence-electron chi connectivity index (χ2n) is 11.7. The van der Waals surface area contributed by atoms with Crippen molar-refractivity contribution in [2.45, 2.75) is 122 Å². The van der Waals surface area contributed by atoms with Crippen LogP contribution < -0.4 is 4.89 Å². The lowest BCUT2D eigenvalue weighted by Crippen LogP contribution is -2.49. The highest BCUT2D eigenvalue weighted by Crippen LogP contribution is 2.32. The third kappa shape index (κ3) is 24.9. The summed E-state index contributed by atoms with van der Waals surface area (Å²) in [6.45, 7) is 2.63. The van der Waals surface area contributed by atoms with Crippen molar-refractivity contribution in [1.82, 2.24) is 0 Å². The molecule has 0 radical (unpaired) electrons. The van der Waals surface area contributed by atoms with Crippen molar-refractivity contribution < 1.29 is 32.3 Å². The minimum Gasteiger partial charge on any atom is -0.756 e. The molecule has 0 aromatic carbocycles. The Balaban J connectivity index is 3.94. The Morgan fingerprint density at radius 2 is 1.24 bits per heavy atom. The predicted octanol–water partition coefficient (Wildman–Crippen LogP) is 6.20. The van der Waals surface area contributed by atoms with E-state index >= 15 is 0 Å². The van der Waals surface area contributed by atoms with Crippen LogP contribution in [-0.4, -0.2) is 72.6 Å². The van der Waals surface area contributed by atoms with Gasteiger partial charge in [-0.3, -0.25) is 8.77 Å². The van der Waals surface area contributed by atoms with Crippen molar-refractivity contribution in [3.8, 4) is 0 Å². The fourth-order valence-electron chi connectivity index (χ4n) is 4.75. The van der Waals surface area contributed by atoms with E-state index < -0.39 is 18.6 Å². The normalized spacial score (nSPS) is 16.4. The van der Waals surface area contributed by atoms with Gasteiger partial charge < -0.3 is 23.5 Å². The van der Waals surface area contributed by atoms with Crippen LogP contribution in [0.5, 0.6) is 0 Å². The van der Waals surface area contributed by atoms with Gasteiger partial charge in [-0.2, -0.15) is 0 Å². The van der Waals surface area contributed by atoms with Crippen LogP contribution in [-0.2, 0) is 24.6 Å². The number of ether oxygens (including phenoxy) is 1. The van der Waals surface area contributed by atoms with E-state index in [2.05, 4.69) is 11.4 Å². The number of likely N-dealkylation sites (N-methyl/N-ethyl adjacent to an activating group) is 1. The summed E-state index contributed by atoms with van der Waals surface area (Å²) in [5.74, 6) is 1.29. The van der Waals surface area contributed by atoms with Gasteiger partial charge in [-0.1, -0.05) is 103 Å². The lowest BCUT2D eigenvalue weighted by molar-refractivity contribution is -0.897. The molecule has 0 aromatic heterocycles. The highest BCUT2D eigenvalue weighted by molar-refractivity contribution is 7.84. The summed E-state index contributed by atoms with van der Waals surface area (Å²) in [5.41, 5.74) is 0. The maximum Gasteiger partial charge on any atom is 0.265 e. The van der Waals surface area contributed by atoms with Gasteiger partial charge in [0.15, 0.2) is 0 Å². The van der Waals surface area contributed by atoms with Crippen LogP contribution in [0.1, 0.15) is 116 Å². The number of nitrogens with zero attached hydrogens (tertiary/aromatic N) is 1. The predicted molar refractivity (Wildman–Crippen MR) is 155 cm³/mol. The molecule has 0 saturated carbocycles. The third-order valence-corrected chi connectivity index (χ3v) is 9.24. The maximum absolute atomic E-state index is 12.7. The SMILES string of the molecule is CCCCCCCCCCCCCCCCCCS(=O)CC(COC)CC(COP(=O)([O-])O)[N+](C)(C)C. The monoisotopic (exact) mass is 569 g/mol.